The molecule has 0 saturated heterocycles. The largest absolute Gasteiger partial charge is 0.493 e. The van der Waals surface area contributed by atoms with E-state index in [-0.39, 0.29) is 6.67 Å². The summed E-state index contributed by atoms with van der Waals surface area (Å²) in [5, 5.41) is 4.61. The van der Waals surface area contributed by atoms with Crippen LogP contribution in [-0.4, -0.2) is 19.5 Å². The summed E-state index contributed by atoms with van der Waals surface area (Å²) >= 11 is 5.81. The Morgan fingerprint density at radius 3 is 2.45 bits per heavy atom. The molecule has 0 saturated carbocycles. The van der Waals surface area contributed by atoms with Crippen LogP contribution in [0.5, 0.6) is 5.75 Å². The molecule has 0 N–H and O–H groups in total. The first-order chi connectivity index (χ1) is 10.8. The molecule has 0 spiro atoms. The van der Waals surface area contributed by atoms with Crippen molar-refractivity contribution in [2.75, 3.05) is 13.3 Å². The number of hydrogen-bond acceptors (Lipinski definition) is 3. The summed E-state index contributed by atoms with van der Waals surface area (Å²) in [5.74, 6) is 0.715. The van der Waals surface area contributed by atoms with Crippen LogP contribution in [0.3, 0.4) is 0 Å². The van der Waals surface area contributed by atoms with Gasteiger partial charge in [-0.15, -0.1) is 0 Å². The molecule has 2 aromatic rings. The molecular formula is C17H17ClFNO2. The fourth-order valence-electron chi connectivity index (χ4n) is 1.69. The van der Waals surface area contributed by atoms with Crippen molar-refractivity contribution in [1.29, 1.82) is 0 Å². The van der Waals surface area contributed by atoms with Crippen LogP contribution in [0.15, 0.2) is 53.7 Å². The maximum absolute atomic E-state index is 12.0. The molecule has 0 fully saturated rings. The van der Waals surface area contributed by atoms with Gasteiger partial charge >= 0.3 is 0 Å². The van der Waals surface area contributed by atoms with Gasteiger partial charge in [0.1, 0.15) is 12.4 Å². The lowest BCUT2D eigenvalue weighted by Crippen LogP contribution is -1.98. The molecule has 0 heterocycles. The standard InChI is InChI=1S/C17H17ClFNO2/c18-16-6-2-15(3-7-16)13-22-20-12-14-4-8-17(9-5-14)21-11-1-10-19/h2-9,12H,1,10-11,13H2. The first kappa shape index (κ1) is 16.3. The number of oxime groups is 1. The molecule has 0 aliphatic rings. The molecule has 116 valence electrons. The fraction of sp³-hybridized carbons (Fsp3) is 0.235. The van der Waals surface area contributed by atoms with E-state index in [1.54, 1.807) is 6.21 Å². The predicted octanol–water partition coefficient (Wildman–Crippen LogP) is 4.63. The van der Waals surface area contributed by atoms with Crippen LogP contribution in [-0.2, 0) is 11.4 Å². The van der Waals surface area contributed by atoms with Crippen LogP contribution in [0.2, 0.25) is 5.02 Å². The van der Waals surface area contributed by atoms with E-state index < -0.39 is 0 Å². The van der Waals surface area contributed by atoms with Crippen LogP contribution >= 0.6 is 11.6 Å². The predicted molar refractivity (Wildman–Crippen MR) is 86.4 cm³/mol. The van der Waals surface area contributed by atoms with Crippen LogP contribution in [0.1, 0.15) is 17.5 Å². The zero-order chi connectivity index (χ0) is 15.6. The number of halogens is 2. The summed E-state index contributed by atoms with van der Waals surface area (Å²) in [4.78, 5) is 5.23. The minimum absolute atomic E-state index is 0.365. The second-order valence-electron chi connectivity index (χ2n) is 4.59. The Hall–Kier alpha value is -2.07. The van der Waals surface area contributed by atoms with Gasteiger partial charge in [-0.25, -0.2) is 0 Å². The van der Waals surface area contributed by atoms with Gasteiger partial charge in [-0.05, 0) is 47.5 Å². The Bertz CT molecular complexity index is 585. The highest BCUT2D eigenvalue weighted by molar-refractivity contribution is 6.30. The molecule has 0 amide bonds. The number of hydrogen-bond donors (Lipinski definition) is 0. The molecule has 22 heavy (non-hydrogen) atoms. The van der Waals surface area contributed by atoms with Gasteiger partial charge in [0.25, 0.3) is 0 Å². The Balaban J connectivity index is 1.76. The van der Waals surface area contributed by atoms with Crippen molar-refractivity contribution in [2.24, 2.45) is 5.16 Å². The normalized spacial score (nSPS) is 10.8. The highest BCUT2D eigenvalue weighted by Crippen LogP contribution is 2.12. The van der Waals surface area contributed by atoms with Crippen molar-refractivity contribution in [3.63, 3.8) is 0 Å². The van der Waals surface area contributed by atoms with E-state index in [9.17, 15) is 4.39 Å². The van der Waals surface area contributed by atoms with Gasteiger partial charge in [-0.3, -0.25) is 4.39 Å². The van der Waals surface area contributed by atoms with E-state index in [0.717, 1.165) is 11.1 Å². The average Bonchev–Trinajstić information content (AvgIpc) is 2.55. The minimum atomic E-state index is -0.365. The Kier molecular flexibility index (Phi) is 6.71. The highest BCUT2D eigenvalue weighted by Gasteiger charge is 1.95. The molecule has 0 atom stereocenters. The number of benzene rings is 2. The maximum atomic E-state index is 12.0. The topological polar surface area (TPSA) is 30.8 Å². The lowest BCUT2D eigenvalue weighted by Gasteiger charge is -2.04. The van der Waals surface area contributed by atoms with Crippen molar-refractivity contribution < 1.29 is 14.0 Å². The van der Waals surface area contributed by atoms with Gasteiger partial charge in [-0.1, -0.05) is 28.9 Å². The van der Waals surface area contributed by atoms with E-state index in [1.165, 1.54) is 0 Å². The summed E-state index contributed by atoms with van der Waals surface area (Å²) in [6.45, 7) is 0.405. The third-order valence-electron chi connectivity index (χ3n) is 2.85. The first-order valence-electron chi connectivity index (χ1n) is 6.96. The molecule has 2 rings (SSSR count). The summed E-state index contributed by atoms with van der Waals surface area (Å²) in [5.41, 5.74) is 1.90. The van der Waals surface area contributed by atoms with Gasteiger partial charge in [0.05, 0.1) is 19.5 Å². The first-order valence-corrected chi connectivity index (χ1v) is 7.34. The summed E-state index contributed by atoms with van der Waals surface area (Å²) in [6.07, 6.45) is 2.03. The quantitative estimate of drug-likeness (QED) is 0.403. The molecule has 0 aliphatic carbocycles. The molecule has 5 heteroatoms. The lowest BCUT2D eigenvalue weighted by atomic mass is 10.2. The van der Waals surface area contributed by atoms with Gasteiger partial charge in [0.2, 0.25) is 0 Å². The molecule has 0 aliphatic heterocycles. The third-order valence-corrected chi connectivity index (χ3v) is 3.10. The van der Waals surface area contributed by atoms with E-state index in [1.807, 2.05) is 48.5 Å². The van der Waals surface area contributed by atoms with E-state index in [0.29, 0.717) is 30.4 Å². The Morgan fingerprint density at radius 2 is 1.77 bits per heavy atom. The Labute approximate surface area is 134 Å². The molecule has 0 bridgehead atoms. The molecule has 0 aromatic heterocycles. The van der Waals surface area contributed by atoms with Gasteiger partial charge in [-0.2, -0.15) is 0 Å². The summed E-state index contributed by atoms with van der Waals surface area (Å²) in [6, 6.07) is 14.8. The van der Waals surface area contributed by atoms with Crippen molar-refractivity contribution in [1.82, 2.24) is 0 Å². The van der Waals surface area contributed by atoms with Crippen LogP contribution in [0, 0.1) is 0 Å². The number of nitrogens with zero attached hydrogens (tertiary/aromatic N) is 1. The second kappa shape index (κ2) is 9.05. The van der Waals surface area contributed by atoms with Gasteiger partial charge in [0.15, 0.2) is 0 Å². The zero-order valence-electron chi connectivity index (χ0n) is 12.0. The molecular weight excluding hydrogens is 305 g/mol. The number of ether oxygens (including phenoxy) is 1. The lowest BCUT2D eigenvalue weighted by molar-refractivity contribution is 0.132. The van der Waals surface area contributed by atoms with Crippen molar-refractivity contribution in [3.05, 3.63) is 64.7 Å². The summed E-state index contributed by atoms with van der Waals surface area (Å²) in [7, 11) is 0. The van der Waals surface area contributed by atoms with Crippen molar-refractivity contribution >= 4 is 17.8 Å². The van der Waals surface area contributed by atoms with Crippen molar-refractivity contribution in [2.45, 2.75) is 13.0 Å². The van der Waals surface area contributed by atoms with Gasteiger partial charge in [0, 0.05) is 11.4 Å². The summed E-state index contributed by atoms with van der Waals surface area (Å²) < 4.78 is 17.3. The maximum Gasteiger partial charge on any atom is 0.142 e. The van der Waals surface area contributed by atoms with Crippen LogP contribution in [0.25, 0.3) is 0 Å². The molecule has 3 nitrogen and oxygen atoms in total. The molecule has 0 radical (unpaired) electrons. The van der Waals surface area contributed by atoms with E-state index in [4.69, 9.17) is 21.2 Å². The van der Waals surface area contributed by atoms with Crippen LogP contribution < -0.4 is 4.74 Å². The zero-order valence-corrected chi connectivity index (χ0v) is 12.8. The monoisotopic (exact) mass is 321 g/mol. The number of rotatable bonds is 8. The van der Waals surface area contributed by atoms with E-state index >= 15 is 0 Å². The number of alkyl halides is 1. The van der Waals surface area contributed by atoms with Crippen molar-refractivity contribution in [3.8, 4) is 5.75 Å². The molecule has 0 unspecified atom stereocenters. The van der Waals surface area contributed by atoms with E-state index in [2.05, 4.69) is 5.16 Å². The SMILES string of the molecule is FCCCOc1ccc(C=NOCc2ccc(Cl)cc2)cc1. The minimum Gasteiger partial charge on any atom is -0.493 e. The average molecular weight is 322 g/mol. The van der Waals surface area contributed by atoms with Gasteiger partial charge < -0.3 is 9.57 Å². The van der Waals surface area contributed by atoms with Crippen LogP contribution in [0.4, 0.5) is 4.39 Å². The third kappa shape index (κ3) is 5.74. The smallest absolute Gasteiger partial charge is 0.142 e. The Morgan fingerprint density at radius 1 is 1.05 bits per heavy atom. The molecule has 2 aromatic carbocycles. The highest BCUT2D eigenvalue weighted by atomic mass is 35.5. The fourth-order valence-corrected chi connectivity index (χ4v) is 1.81. The second-order valence-corrected chi connectivity index (χ2v) is 5.03.